The van der Waals surface area contributed by atoms with Crippen molar-refractivity contribution in [2.75, 3.05) is 32.7 Å². The van der Waals surface area contributed by atoms with Gasteiger partial charge in [-0.2, -0.15) is 0 Å². The zero-order chi connectivity index (χ0) is 12.5. The second kappa shape index (κ2) is 4.94. The summed E-state index contributed by atoms with van der Waals surface area (Å²) in [7, 11) is 0. The van der Waals surface area contributed by atoms with Crippen molar-refractivity contribution in [3.8, 4) is 0 Å². The highest BCUT2D eigenvalue weighted by molar-refractivity contribution is 5.93. The van der Waals surface area contributed by atoms with Gasteiger partial charge in [-0.25, -0.2) is 0 Å². The largest absolute Gasteiger partial charge is 0.370 e. The van der Waals surface area contributed by atoms with E-state index in [2.05, 4.69) is 43.2 Å². The number of hydrogen-bond donors (Lipinski definition) is 2. The summed E-state index contributed by atoms with van der Waals surface area (Å²) >= 11 is 0. The second-order valence-electron chi connectivity index (χ2n) is 5.70. The lowest BCUT2D eigenvalue weighted by molar-refractivity contribution is 0.0465. The third-order valence-corrected chi connectivity index (χ3v) is 4.10. The van der Waals surface area contributed by atoms with Crippen LogP contribution < -0.4 is 10.6 Å². The van der Waals surface area contributed by atoms with Crippen molar-refractivity contribution in [3.63, 3.8) is 0 Å². The monoisotopic (exact) mass is 238 g/mol. The van der Waals surface area contributed by atoms with Crippen LogP contribution in [0.1, 0.15) is 27.7 Å². The molecule has 1 atom stereocenters. The van der Waals surface area contributed by atoms with Crippen LogP contribution in [0.3, 0.4) is 0 Å². The molecule has 2 aliphatic rings. The maximum absolute atomic E-state index is 4.71. The van der Waals surface area contributed by atoms with Crippen LogP contribution in [-0.2, 0) is 0 Å². The Labute approximate surface area is 105 Å². The molecule has 0 radical (unpaired) electrons. The molecule has 2 rings (SSSR count). The minimum atomic E-state index is 0.0584. The minimum Gasteiger partial charge on any atom is -0.370 e. The van der Waals surface area contributed by atoms with Gasteiger partial charge < -0.3 is 10.6 Å². The van der Waals surface area contributed by atoms with Crippen LogP contribution in [0.25, 0.3) is 0 Å². The maximum Gasteiger partial charge on any atom is 0.119 e. The van der Waals surface area contributed by atoms with Gasteiger partial charge in [-0.1, -0.05) is 13.8 Å². The first-order chi connectivity index (χ1) is 8.09. The number of rotatable bonds is 3. The van der Waals surface area contributed by atoms with Crippen molar-refractivity contribution in [1.82, 2.24) is 15.5 Å². The lowest BCUT2D eigenvalue weighted by Crippen LogP contribution is -2.71. The van der Waals surface area contributed by atoms with Crippen LogP contribution >= 0.6 is 0 Å². The number of piperazine rings is 1. The summed E-state index contributed by atoms with van der Waals surface area (Å²) in [5.74, 6) is 1.76. The van der Waals surface area contributed by atoms with Crippen LogP contribution in [0.2, 0.25) is 0 Å². The molecule has 1 fully saturated rings. The molecule has 1 saturated heterocycles. The van der Waals surface area contributed by atoms with Crippen LogP contribution in [0.4, 0.5) is 0 Å². The Morgan fingerprint density at radius 2 is 2.00 bits per heavy atom. The van der Waals surface area contributed by atoms with E-state index in [1.807, 2.05) is 0 Å². The van der Waals surface area contributed by atoms with Gasteiger partial charge in [0.1, 0.15) is 5.84 Å². The Morgan fingerprint density at radius 3 is 2.53 bits per heavy atom. The molecular weight excluding hydrogens is 212 g/mol. The summed E-state index contributed by atoms with van der Waals surface area (Å²) in [5.41, 5.74) is 0.0584. The van der Waals surface area contributed by atoms with E-state index in [1.54, 1.807) is 0 Å². The lowest BCUT2D eigenvalue weighted by atomic mass is 9.80. The molecule has 17 heavy (non-hydrogen) atoms. The highest BCUT2D eigenvalue weighted by Gasteiger charge is 2.47. The second-order valence-corrected chi connectivity index (χ2v) is 5.70. The van der Waals surface area contributed by atoms with E-state index < -0.39 is 0 Å². The molecule has 2 heterocycles. The Hall–Kier alpha value is -0.610. The lowest BCUT2D eigenvalue weighted by Gasteiger charge is -2.52. The van der Waals surface area contributed by atoms with Crippen molar-refractivity contribution in [2.45, 2.75) is 39.3 Å². The molecule has 2 aliphatic heterocycles. The average Bonchev–Trinajstić information content (AvgIpc) is 2.82. The van der Waals surface area contributed by atoms with Crippen molar-refractivity contribution in [1.29, 1.82) is 0 Å². The van der Waals surface area contributed by atoms with E-state index in [9.17, 15) is 0 Å². The molecule has 98 valence electrons. The van der Waals surface area contributed by atoms with Gasteiger partial charge in [0.25, 0.3) is 0 Å². The molecule has 0 spiro atoms. The van der Waals surface area contributed by atoms with Crippen molar-refractivity contribution in [3.05, 3.63) is 0 Å². The molecule has 0 aromatic carbocycles. The van der Waals surface area contributed by atoms with E-state index in [1.165, 1.54) is 5.84 Å². The zero-order valence-corrected chi connectivity index (χ0v) is 11.6. The predicted molar refractivity (Wildman–Crippen MR) is 72.6 cm³/mol. The molecule has 1 unspecified atom stereocenters. The summed E-state index contributed by atoms with van der Waals surface area (Å²) in [6.45, 7) is 14.3. The molecule has 0 bridgehead atoms. The van der Waals surface area contributed by atoms with E-state index in [0.29, 0.717) is 12.0 Å². The van der Waals surface area contributed by atoms with Crippen molar-refractivity contribution in [2.24, 2.45) is 10.9 Å². The van der Waals surface area contributed by atoms with Gasteiger partial charge in [-0.05, 0) is 19.8 Å². The Kier molecular flexibility index (Phi) is 3.73. The molecule has 0 aromatic rings. The Balaban J connectivity index is 2.35. The zero-order valence-electron chi connectivity index (χ0n) is 11.6. The normalized spacial score (nSPS) is 30.8. The first kappa shape index (κ1) is 12.8. The van der Waals surface area contributed by atoms with Gasteiger partial charge in [0.05, 0.1) is 12.1 Å². The van der Waals surface area contributed by atoms with Gasteiger partial charge in [-0.15, -0.1) is 0 Å². The number of amidine groups is 1. The molecule has 0 aromatic heterocycles. The fraction of sp³-hybridized carbons (Fsp3) is 0.923. The smallest absolute Gasteiger partial charge is 0.119 e. The molecule has 2 N–H and O–H groups in total. The summed E-state index contributed by atoms with van der Waals surface area (Å²) in [6.07, 6.45) is 0. The summed E-state index contributed by atoms with van der Waals surface area (Å²) in [4.78, 5) is 7.33. The van der Waals surface area contributed by atoms with Crippen LogP contribution in [0.15, 0.2) is 4.99 Å². The molecular formula is C13H26N4. The van der Waals surface area contributed by atoms with E-state index in [4.69, 9.17) is 4.99 Å². The first-order valence-electron chi connectivity index (χ1n) is 6.85. The number of aliphatic imine (C=N–C) groups is 1. The Morgan fingerprint density at radius 1 is 1.24 bits per heavy atom. The van der Waals surface area contributed by atoms with Gasteiger partial charge in [0.2, 0.25) is 0 Å². The highest BCUT2D eigenvalue weighted by Crippen LogP contribution is 2.30. The first-order valence-corrected chi connectivity index (χ1v) is 6.85. The van der Waals surface area contributed by atoms with Gasteiger partial charge in [0, 0.05) is 32.2 Å². The van der Waals surface area contributed by atoms with Crippen LogP contribution in [-0.4, -0.2) is 55.0 Å². The minimum absolute atomic E-state index is 0.0584. The van der Waals surface area contributed by atoms with E-state index >= 15 is 0 Å². The SMILES string of the molecule is CC(C)N1CCNCC1(C1=NCCN1)C(C)C. The van der Waals surface area contributed by atoms with Gasteiger partial charge >= 0.3 is 0 Å². The third kappa shape index (κ3) is 2.08. The predicted octanol–water partition coefficient (Wildman–Crippen LogP) is 0.697. The van der Waals surface area contributed by atoms with Crippen molar-refractivity contribution >= 4 is 5.84 Å². The van der Waals surface area contributed by atoms with Crippen LogP contribution in [0, 0.1) is 5.92 Å². The topological polar surface area (TPSA) is 39.7 Å². The molecule has 4 nitrogen and oxygen atoms in total. The standard InChI is InChI=1S/C13H26N4/c1-10(2)13(12-15-5-6-16-12)9-14-7-8-17(13)11(3)4/h10-11,14H,5-9H2,1-4H3,(H,15,16). The number of nitrogens with zero attached hydrogens (tertiary/aromatic N) is 2. The molecule has 0 aliphatic carbocycles. The van der Waals surface area contributed by atoms with Gasteiger partial charge in [-0.3, -0.25) is 9.89 Å². The summed E-state index contributed by atoms with van der Waals surface area (Å²) in [5, 5.41) is 7.06. The van der Waals surface area contributed by atoms with Crippen molar-refractivity contribution < 1.29 is 0 Å². The quantitative estimate of drug-likeness (QED) is 0.760. The summed E-state index contributed by atoms with van der Waals surface area (Å²) < 4.78 is 0. The average molecular weight is 238 g/mol. The highest BCUT2D eigenvalue weighted by atomic mass is 15.3. The number of nitrogens with one attached hydrogen (secondary N) is 2. The Bertz CT molecular complexity index is 298. The van der Waals surface area contributed by atoms with E-state index in [-0.39, 0.29) is 5.54 Å². The fourth-order valence-corrected chi connectivity index (χ4v) is 3.22. The van der Waals surface area contributed by atoms with Crippen LogP contribution in [0.5, 0.6) is 0 Å². The third-order valence-electron chi connectivity index (χ3n) is 4.10. The molecule has 4 heteroatoms. The molecule has 0 amide bonds. The molecule has 0 saturated carbocycles. The number of hydrogen-bond acceptors (Lipinski definition) is 4. The van der Waals surface area contributed by atoms with E-state index in [0.717, 1.165) is 32.7 Å². The fourth-order valence-electron chi connectivity index (χ4n) is 3.22. The van der Waals surface area contributed by atoms with Gasteiger partial charge in [0.15, 0.2) is 0 Å². The summed E-state index contributed by atoms with van der Waals surface area (Å²) in [6, 6.07) is 0.560. The maximum atomic E-state index is 4.71.